The molecule has 5 heteroatoms. The third-order valence-electron chi connectivity index (χ3n) is 5.60. The summed E-state index contributed by atoms with van der Waals surface area (Å²) in [5, 5.41) is 19.0. The predicted octanol–water partition coefficient (Wildman–Crippen LogP) is 2.50. The number of hydrogen-bond acceptors (Lipinski definition) is 5. The van der Waals surface area contributed by atoms with E-state index in [1.807, 2.05) is 32.9 Å². The van der Waals surface area contributed by atoms with E-state index < -0.39 is 23.6 Å². The Morgan fingerprint density at radius 2 is 2.19 bits per heavy atom. The van der Waals surface area contributed by atoms with Gasteiger partial charge in [-0.1, -0.05) is 45.1 Å². The average Bonchev–Trinajstić information content (AvgIpc) is 2.61. The fourth-order valence-corrected chi connectivity index (χ4v) is 3.45. The topological polar surface area (TPSA) is 83.8 Å². The van der Waals surface area contributed by atoms with Crippen LogP contribution in [-0.4, -0.2) is 40.8 Å². The smallest absolute Gasteiger partial charge is 0.331 e. The fourth-order valence-electron chi connectivity index (χ4n) is 3.45. The van der Waals surface area contributed by atoms with Crippen molar-refractivity contribution in [3.63, 3.8) is 0 Å². The molecule has 0 aromatic rings. The molecule has 0 amide bonds. The van der Waals surface area contributed by atoms with Crippen molar-refractivity contribution in [3.05, 3.63) is 48.1 Å². The quantitative estimate of drug-likeness (QED) is 0.432. The third kappa shape index (κ3) is 4.40. The molecular weight excluding hydrogens is 332 g/mol. The van der Waals surface area contributed by atoms with Gasteiger partial charge in [0.1, 0.15) is 12.2 Å². The molecule has 0 saturated carbocycles. The van der Waals surface area contributed by atoms with Gasteiger partial charge in [-0.3, -0.25) is 4.79 Å². The first-order chi connectivity index (χ1) is 12.3. The molecule has 5 atom stereocenters. The first kappa shape index (κ1) is 20.3. The Labute approximate surface area is 154 Å². The lowest BCUT2D eigenvalue weighted by Crippen LogP contribution is -2.45. The van der Waals surface area contributed by atoms with Crippen LogP contribution < -0.4 is 0 Å². The second-order valence-corrected chi connectivity index (χ2v) is 7.28. The summed E-state index contributed by atoms with van der Waals surface area (Å²) < 4.78 is 5.55. The molecule has 0 aromatic heterocycles. The maximum absolute atomic E-state index is 12.1. The minimum Gasteiger partial charge on any atom is -0.455 e. The van der Waals surface area contributed by atoms with E-state index in [4.69, 9.17) is 9.84 Å². The molecule has 0 aromatic carbocycles. The summed E-state index contributed by atoms with van der Waals surface area (Å²) in [6.07, 6.45) is 11.4. The molecule has 0 heterocycles. The summed E-state index contributed by atoms with van der Waals surface area (Å²) in [5.74, 6) is -0.694. The molecule has 2 N–H and O–H groups in total. The van der Waals surface area contributed by atoms with Crippen molar-refractivity contribution >= 4 is 11.8 Å². The Bertz CT molecular complexity index is 653. The Kier molecular flexibility index (Phi) is 6.73. The molecule has 0 radical (unpaired) electrons. The lowest BCUT2D eigenvalue weighted by Gasteiger charge is -2.45. The van der Waals surface area contributed by atoms with E-state index in [0.29, 0.717) is 6.42 Å². The zero-order valence-electron chi connectivity index (χ0n) is 15.6. The van der Waals surface area contributed by atoms with E-state index in [1.54, 1.807) is 18.2 Å². The van der Waals surface area contributed by atoms with E-state index in [-0.39, 0.29) is 24.2 Å². The number of aliphatic hydroxyl groups excluding tert-OH is 2. The number of ether oxygens (including phenoxy) is 1. The molecule has 5 nitrogen and oxygen atoms in total. The predicted molar refractivity (Wildman–Crippen MR) is 99.2 cm³/mol. The van der Waals surface area contributed by atoms with Crippen molar-refractivity contribution in [2.45, 2.75) is 45.8 Å². The fraction of sp³-hybridized carbons (Fsp3) is 0.524. The Morgan fingerprint density at radius 1 is 1.46 bits per heavy atom. The number of aliphatic hydroxyl groups is 2. The van der Waals surface area contributed by atoms with Gasteiger partial charge in [0.05, 0.1) is 0 Å². The molecule has 26 heavy (non-hydrogen) atoms. The molecule has 0 bridgehead atoms. The summed E-state index contributed by atoms with van der Waals surface area (Å²) in [5.41, 5.74) is 0.465. The Balaban J connectivity index is 2.02. The maximum atomic E-state index is 12.1. The zero-order chi connectivity index (χ0) is 19.3. The highest BCUT2D eigenvalue weighted by atomic mass is 16.5. The minimum absolute atomic E-state index is 0.0618. The van der Waals surface area contributed by atoms with Crippen LogP contribution in [0.4, 0.5) is 0 Å². The number of allylic oxidation sites excluding steroid dienone is 4. The van der Waals surface area contributed by atoms with Gasteiger partial charge in [0.25, 0.3) is 0 Å². The number of esters is 1. The number of fused-ring (bicyclic) bond motifs is 1. The maximum Gasteiger partial charge on any atom is 0.331 e. The van der Waals surface area contributed by atoms with Crippen LogP contribution in [0.2, 0.25) is 0 Å². The van der Waals surface area contributed by atoms with Gasteiger partial charge in [-0.15, -0.1) is 0 Å². The SMILES string of the molecule is CCC(/C=C/C=C/C(=O)O[C@H]1C=CC2=CC(=O)[C@H](O)C[C@]2(C)[C@H]1C)CO. The summed E-state index contributed by atoms with van der Waals surface area (Å²) in [6, 6.07) is 0. The van der Waals surface area contributed by atoms with Gasteiger partial charge in [0.2, 0.25) is 0 Å². The van der Waals surface area contributed by atoms with Gasteiger partial charge < -0.3 is 14.9 Å². The second kappa shape index (κ2) is 8.60. The van der Waals surface area contributed by atoms with Gasteiger partial charge in [-0.05, 0) is 36.5 Å². The second-order valence-electron chi connectivity index (χ2n) is 7.28. The van der Waals surface area contributed by atoms with E-state index in [9.17, 15) is 14.7 Å². The van der Waals surface area contributed by atoms with E-state index in [0.717, 1.165) is 12.0 Å². The van der Waals surface area contributed by atoms with Gasteiger partial charge in [0.15, 0.2) is 5.78 Å². The minimum atomic E-state index is -1.00. The normalized spacial score (nSPS) is 32.6. The van der Waals surface area contributed by atoms with Gasteiger partial charge in [-0.25, -0.2) is 4.79 Å². The number of rotatable bonds is 6. The van der Waals surface area contributed by atoms with Crippen LogP contribution in [0.15, 0.2) is 48.1 Å². The molecule has 142 valence electrons. The molecule has 2 aliphatic rings. The highest BCUT2D eigenvalue weighted by molar-refractivity contribution is 5.96. The van der Waals surface area contributed by atoms with Crippen LogP contribution >= 0.6 is 0 Å². The molecule has 0 saturated heterocycles. The lowest BCUT2D eigenvalue weighted by atomic mass is 9.61. The van der Waals surface area contributed by atoms with Crippen molar-refractivity contribution in [1.29, 1.82) is 0 Å². The number of ketones is 1. The first-order valence-electron chi connectivity index (χ1n) is 9.10. The average molecular weight is 360 g/mol. The van der Waals surface area contributed by atoms with Gasteiger partial charge in [-0.2, -0.15) is 0 Å². The number of carbonyl (C=O) groups excluding carboxylic acids is 2. The lowest BCUT2D eigenvalue weighted by molar-refractivity contribution is -0.145. The van der Waals surface area contributed by atoms with Crippen LogP contribution in [-0.2, 0) is 14.3 Å². The van der Waals surface area contributed by atoms with Gasteiger partial charge in [0, 0.05) is 24.0 Å². The Hall–Kier alpha value is -1.98. The van der Waals surface area contributed by atoms with Crippen LogP contribution in [0, 0.1) is 17.3 Å². The molecule has 1 unspecified atom stereocenters. The van der Waals surface area contributed by atoms with Crippen LogP contribution in [0.1, 0.15) is 33.6 Å². The zero-order valence-corrected chi connectivity index (χ0v) is 15.6. The van der Waals surface area contributed by atoms with E-state index in [2.05, 4.69) is 0 Å². The summed E-state index contributed by atoms with van der Waals surface area (Å²) >= 11 is 0. The molecule has 2 aliphatic carbocycles. The first-order valence-corrected chi connectivity index (χ1v) is 9.10. The molecule has 2 rings (SSSR count). The molecule has 0 aliphatic heterocycles. The number of carbonyl (C=O) groups is 2. The van der Waals surface area contributed by atoms with E-state index in [1.165, 1.54) is 12.2 Å². The van der Waals surface area contributed by atoms with E-state index >= 15 is 0 Å². The third-order valence-corrected chi connectivity index (χ3v) is 5.60. The van der Waals surface area contributed by atoms with Crippen molar-refractivity contribution in [3.8, 4) is 0 Å². The summed E-state index contributed by atoms with van der Waals surface area (Å²) in [6.45, 7) is 6.02. The van der Waals surface area contributed by atoms with Gasteiger partial charge >= 0.3 is 5.97 Å². The highest BCUT2D eigenvalue weighted by Gasteiger charge is 2.46. The van der Waals surface area contributed by atoms with Crippen molar-refractivity contribution in [2.24, 2.45) is 17.3 Å². The van der Waals surface area contributed by atoms with Crippen LogP contribution in [0.3, 0.4) is 0 Å². The monoisotopic (exact) mass is 360 g/mol. The van der Waals surface area contributed by atoms with Crippen molar-refractivity contribution in [1.82, 2.24) is 0 Å². The Morgan fingerprint density at radius 3 is 2.85 bits per heavy atom. The largest absolute Gasteiger partial charge is 0.455 e. The molecule has 0 fully saturated rings. The summed E-state index contributed by atoms with van der Waals surface area (Å²) in [4.78, 5) is 23.8. The molecule has 0 spiro atoms. The van der Waals surface area contributed by atoms with Crippen molar-refractivity contribution in [2.75, 3.05) is 6.61 Å². The summed E-state index contributed by atoms with van der Waals surface area (Å²) in [7, 11) is 0. The standard InChI is InChI=1S/C21H28O5/c1-4-15(13-22)7-5-6-8-20(25)26-19-10-9-16-11-17(23)18(24)12-21(16,3)14(19)2/h5-11,14-15,18-19,22,24H,4,12-13H2,1-3H3/b7-5+,8-6+/t14-,15?,18+,19-,21+/m0/s1. The highest BCUT2D eigenvalue weighted by Crippen LogP contribution is 2.48. The molecular formula is C21H28O5. The van der Waals surface area contributed by atoms with Crippen LogP contribution in [0.5, 0.6) is 0 Å². The van der Waals surface area contributed by atoms with Crippen LogP contribution in [0.25, 0.3) is 0 Å². The van der Waals surface area contributed by atoms with Crippen molar-refractivity contribution < 1.29 is 24.5 Å². The number of hydrogen-bond donors (Lipinski definition) is 2.